The standard InChI is InChI=1S/C22H25FN4O/c1-14-12-24-22-20(17-8-9-18(23)15(2)11-17)21(26-27(22)13-14)25-19(28)10-7-16-5-3-4-6-16/h8-9,11-13,16H,3-7,10H2,1-2H3,(H,25,26,28). The minimum atomic E-state index is -0.258. The van der Waals surface area contributed by atoms with Gasteiger partial charge in [0.05, 0.1) is 5.56 Å². The highest BCUT2D eigenvalue weighted by atomic mass is 19.1. The molecule has 4 rings (SSSR count). The van der Waals surface area contributed by atoms with E-state index in [2.05, 4.69) is 15.4 Å². The number of fused-ring (bicyclic) bond motifs is 1. The largest absolute Gasteiger partial charge is 0.309 e. The van der Waals surface area contributed by atoms with Crippen LogP contribution in [0.15, 0.2) is 30.6 Å². The second-order valence-electron chi connectivity index (χ2n) is 7.82. The minimum absolute atomic E-state index is 0.0351. The zero-order valence-electron chi connectivity index (χ0n) is 16.3. The molecule has 3 aromatic rings. The van der Waals surface area contributed by atoms with Gasteiger partial charge in [0.1, 0.15) is 5.82 Å². The molecule has 0 unspecified atom stereocenters. The molecular formula is C22H25FN4O. The summed E-state index contributed by atoms with van der Waals surface area (Å²) >= 11 is 0. The average Bonchev–Trinajstić information content (AvgIpc) is 3.29. The minimum Gasteiger partial charge on any atom is -0.309 e. The number of hydrogen-bond acceptors (Lipinski definition) is 3. The molecule has 1 N–H and O–H groups in total. The summed E-state index contributed by atoms with van der Waals surface area (Å²) in [5.74, 6) is 0.842. The van der Waals surface area contributed by atoms with Crippen LogP contribution in [0.3, 0.4) is 0 Å². The summed E-state index contributed by atoms with van der Waals surface area (Å²) in [7, 11) is 0. The van der Waals surface area contributed by atoms with Crippen molar-refractivity contribution < 1.29 is 9.18 Å². The molecule has 0 radical (unpaired) electrons. The third-order valence-electron chi connectivity index (χ3n) is 5.56. The fourth-order valence-corrected chi connectivity index (χ4v) is 4.01. The molecule has 1 saturated carbocycles. The second-order valence-corrected chi connectivity index (χ2v) is 7.82. The molecule has 6 heteroatoms. The summed E-state index contributed by atoms with van der Waals surface area (Å²) in [4.78, 5) is 17.1. The molecular weight excluding hydrogens is 355 g/mol. The second kappa shape index (κ2) is 7.70. The van der Waals surface area contributed by atoms with Gasteiger partial charge in [0.15, 0.2) is 11.5 Å². The van der Waals surface area contributed by atoms with E-state index in [9.17, 15) is 9.18 Å². The topological polar surface area (TPSA) is 59.3 Å². The summed E-state index contributed by atoms with van der Waals surface area (Å²) in [6.45, 7) is 3.66. The zero-order chi connectivity index (χ0) is 19.7. The number of halogens is 1. The first-order valence-electron chi connectivity index (χ1n) is 9.92. The lowest BCUT2D eigenvalue weighted by atomic mass is 10.0. The highest BCUT2D eigenvalue weighted by Gasteiger charge is 2.20. The Morgan fingerprint density at radius 2 is 2.07 bits per heavy atom. The Morgan fingerprint density at radius 1 is 1.29 bits per heavy atom. The number of carbonyl (C=O) groups excluding carboxylic acids is 1. The molecule has 0 spiro atoms. The van der Waals surface area contributed by atoms with Crippen LogP contribution in [0.5, 0.6) is 0 Å². The van der Waals surface area contributed by atoms with Gasteiger partial charge in [0, 0.05) is 18.8 Å². The number of benzene rings is 1. The number of aryl methyl sites for hydroxylation is 2. The van der Waals surface area contributed by atoms with Crippen molar-refractivity contribution in [1.29, 1.82) is 0 Å². The van der Waals surface area contributed by atoms with Crippen LogP contribution in [0.2, 0.25) is 0 Å². The number of aromatic nitrogens is 3. The van der Waals surface area contributed by atoms with Gasteiger partial charge in [-0.15, -0.1) is 5.10 Å². The number of nitrogens with zero attached hydrogens (tertiary/aromatic N) is 3. The first-order valence-corrected chi connectivity index (χ1v) is 9.92. The summed E-state index contributed by atoms with van der Waals surface area (Å²) < 4.78 is 15.4. The molecule has 5 nitrogen and oxygen atoms in total. The molecule has 28 heavy (non-hydrogen) atoms. The fourth-order valence-electron chi connectivity index (χ4n) is 4.01. The number of nitrogens with one attached hydrogen (secondary N) is 1. The fraction of sp³-hybridized carbons (Fsp3) is 0.409. The van der Waals surface area contributed by atoms with E-state index in [1.54, 1.807) is 29.8 Å². The molecule has 2 aromatic heterocycles. The first-order chi connectivity index (χ1) is 13.5. The maximum Gasteiger partial charge on any atom is 0.225 e. The van der Waals surface area contributed by atoms with Gasteiger partial charge in [-0.05, 0) is 55.0 Å². The predicted octanol–water partition coefficient (Wildman–Crippen LogP) is 5.06. The normalized spacial score (nSPS) is 14.7. The Bertz CT molecular complexity index is 1020. The Morgan fingerprint density at radius 3 is 2.82 bits per heavy atom. The average molecular weight is 380 g/mol. The maximum atomic E-state index is 13.8. The zero-order valence-corrected chi connectivity index (χ0v) is 16.3. The van der Waals surface area contributed by atoms with Crippen LogP contribution in [0.4, 0.5) is 10.2 Å². The third-order valence-corrected chi connectivity index (χ3v) is 5.56. The molecule has 0 bridgehead atoms. The predicted molar refractivity (Wildman–Crippen MR) is 108 cm³/mol. The van der Waals surface area contributed by atoms with Crippen LogP contribution in [0.25, 0.3) is 16.8 Å². The highest BCUT2D eigenvalue weighted by Crippen LogP contribution is 2.33. The smallest absolute Gasteiger partial charge is 0.225 e. The molecule has 1 aromatic carbocycles. The van der Waals surface area contributed by atoms with E-state index < -0.39 is 0 Å². The van der Waals surface area contributed by atoms with Gasteiger partial charge < -0.3 is 5.32 Å². The molecule has 1 amide bonds. The Balaban J connectivity index is 1.66. The number of rotatable bonds is 5. The van der Waals surface area contributed by atoms with Gasteiger partial charge in [-0.3, -0.25) is 4.79 Å². The van der Waals surface area contributed by atoms with Crippen molar-refractivity contribution in [2.45, 2.75) is 52.4 Å². The molecule has 1 fully saturated rings. The number of anilines is 1. The van der Waals surface area contributed by atoms with Crippen LogP contribution in [0, 0.1) is 25.6 Å². The van der Waals surface area contributed by atoms with Crippen LogP contribution >= 0.6 is 0 Å². The van der Waals surface area contributed by atoms with Gasteiger partial charge >= 0.3 is 0 Å². The van der Waals surface area contributed by atoms with Crippen molar-refractivity contribution >= 4 is 17.4 Å². The van der Waals surface area contributed by atoms with Crippen LogP contribution < -0.4 is 5.32 Å². The van der Waals surface area contributed by atoms with Crippen molar-refractivity contribution in [3.63, 3.8) is 0 Å². The number of hydrogen-bond donors (Lipinski definition) is 1. The van der Waals surface area contributed by atoms with Crippen molar-refractivity contribution in [3.8, 4) is 11.1 Å². The van der Waals surface area contributed by atoms with Gasteiger partial charge in [-0.2, -0.15) is 0 Å². The lowest BCUT2D eigenvalue weighted by Crippen LogP contribution is -2.13. The Kier molecular flexibility index (Phi) is 5.11. The van der Waals surface area contributed by atoms with Crippen LogP contribution in [0.1, 0.15) is 49.7 Å². The van der Waals surface area contributed by atoms with Gasteiger partial charge in [0.2, 0.25) is 5.91 Å². The van der Waals surface area contributed by atoms with E-state index in [1.807, 2.05) is 13.1 Å². The molecule has 2 heterocycles. The number of carbonyl (C=O) groups is 1. The Labute approximate surface area is 164 Å². The Hall–Kier alpha value is -2.76. The molecule has 1 aliphatic rings. The highest BCUT2D eigenvalue weighted by molar-refractivity contribution is 5.97. The van der Waals surface area contributed by atoms with Crippen LogP contribution in [-0.2, 0) is 4.79 Å². The van der Waals surface area contributed by atoms with E-state index in [-0.39, 0.29) is 11.7 Å². The van der Waals surface area contributed by atoms with Gasteiger partial charge in [-0.1, -0.05) is 31.7 Å². The van der Waals surface area contributed by atoms with Gasteiger partial charge in [0.25, 0.3) is 0 Å². The van der Waals surface area contributed by atoms with Crippen molar-refractivity contribution in [3.05, 3.63) is 47.5 Å². The molecule has 0 atom stereocenters. The SMILES string of the molecule is Cc1cnc2c(-c3ccc(F)c(C)c3)c(NC(=O)CCC3CCCC3)nn2c1. The lowest BCUT2D eigenvalue weighted by molar-refractivity contribution is -0.116. The van der Waals surface area contributed by atoms with E-state index in [4.69, 9.17) is 0 Å². The number of amides is 1. The molecule has 0 aliphatic heterocycles. The third kappa shape index (κ3) is 3.77. The van der Waals surface area contributed by atoms with E-state index in [0.717, 1.165) is 23.1 Å². The monoisotopic (exact) mass is 380 g/mol. The molecule has 1 aliphatic carbocycles. The van der Waals surface area contributed by atoms with E-state index in [0.29, 0.717) is 29.4 Å². The van der Waals surface area contributed by atoms with E-state index >= 15 is 0 Å². The molecule has 0 saturated heterocycles. The van der Waals surface area contributed by atoms with Crippen molar-refractivity contribution in [2.75, 3.05) is 5.32 Å². The summed E-state index contributed by atoms with van der Waals surface area (Å²) in [5.41, 5.74) is 3.66. The van der Waals surface area contributed by atoms with Crippen molar-refractivity contribution in [1.82, 2.24) is 14.6 Å². The van der Waals surface area contributed by atoms with Gasteiger partial charge in [-0.25, -0.2) is 13.9 Å². The maximum absolute atomic E-state index is 13.8. The lowest BCUT2D eigenvalue weighted by Gasteiger charge is -2.09. The van der Waals surface area contributed by atoms with E-state index in [1.165, 1.54) is 31.7 Å². The van der Waals surface area contributed by atoms with Crippen LogP contribution in [-0.4, -0.2) is 20.5 Å². The summed E-state index contributed by atoms with van der Waals surface area (Å²) in [5, 5.41) is 7.52. The quantitative estimate of drug-likeness (QED) is 0.673. The first kappa shape index (κ1) is 18.6. The molecule has 146 valence electrons. The summed E-state index contributed by atoms with van der Waals surface area (Å²) in [6, 6.07) is 4.91. The summed E-state index contributed by atoms with van der Waals surface area (Å²) in [6.07, 6.45) is 10.1. The van der Waals surface area contributed by atoms with Crippen molar-refractivity contribution in [2.24, 2.45) is 5.92 Å².